The molecule has 28 heavy (non-hydrogen) atoms. The van der Waals surface area contributed by atoms with Gasteiger partial charge in [-0.15, -0.1) is 12.4 Å². The summed E-state index contributed by atoms with van der Waals surface area (Å²) in [5, 5.41) is 19.8. The number of carbonyl (C=O) groups is 2. The molecule has 156 valence electrons. The van der Waals surface area contributed by atoms with Gasteiger partial charge in [0.25, 0.3) is 11.6 Å². The molecule has 0 aliphatic carbocycles. The van der Waals surface area contributed by atoms with E-state index >= 15 is 0 Å². The maximum atomic E-state index is 12.7. The molecule has 1 heterocycles. The van der Waals surface area contributed by atoms with Crippen molar-refractivity contribution in [2.75, 3.05) is 6.54 Å². The number of non-ortho nitro benzene ring substituents is 1. The van der Waals surface area contributed by atoms with Gasteiger partial charge in [-0.1, -0.05) is 25.4 Å². The summed E-state index contributed by atoms with van der Waals surface area (Å²) in [6.07, 6.45) is 1.86. The Kier molecular flexibility index (Phi) is 9.13. The van der Waals surface area contributed by atoms with Gasteiger partial charge < -0.3 is 16.0 Å². The Hall–Kier alpha value is -1.90. The molecule has 1 aliphatic rings. The molecule has 0 saturated carbocycles. The van der Waals surface area contributed by atoms with Gasteiger partial charge in [-0.05, 0) is 38.3 Å². The van der Waals surface area contributed by atoms with Crippen LogP contribution in [0.5, 0.6) is 0 Å². The van der Waals surface area contributed by atoms with Crippen LogP contribution >= 0.6 is 24.0 Å². The van der Waals surface area contributed by atoms with E-state index < -0.39 is 16.9 Å². The zero-order valence-corrected chi connectivity index (χ0v) is 17.6. The van der Waals surface area contributed by atoms with Crippen molar-refractivity contribution in [1.29, 1.82) is 0 Å². The highest BCUT2D eigenvalue weighted by Gasteiger charge is 2.30. The smallest absolute Gasteiger partial charge is 0.270 e. The third kappa shape index (κ3) is 6.05. The van der Waals surface area contributed by atoms with Gasteiger partial charge in [-0.3, -0.25) is 19.7 Å². The van der Waals surface area contributed by atoms with Crippen LogP contribution in [0.25, 0.3) is 0 Å². The van der Waals surface area contributed by atoms with Crippen molar-refractivity contribution in [2.45, 2.75) is 51.7 Å². The molecule has 1 aliphatic heterocycles. The molecule has 0 aromatic heterocycles. The number of halogens is 2. The first-order valence-corrected chi connectivity index (χ1v) is 9.37. The second kappa shape index (κ2) is 10.6. The SMILES string of the molecule is CC(C)C(NC(=O)c1ccc([N+](=O)[O-])cc1Cl)C(=O)NC1CCCNC1C.Cl. The predicted octanol–water partition coefficient (Wildman–Crippen LogP) is 2.68. The van der Waals surface area contributed by atoms with Gasteiger partial charge in [-0.2, -0.15) is 0 Å². The van der Waals surface area contributed by atoms with Crippen LogP contribution in [0.3, 0.4) is 0 Å². The number of rotatable bonds is 6. The van der Waals surface area contributed by atoms with Crippen LogP contribution in [-0.2, 0) is 4.79 Å². The normalized spacial score (nSPS) is 20.0. The average molecular weight is 433 g/mol. The van der Waals surface area contributed by atoms with Gasteiger partial charge in [-0.25, -0.2) is 0 Å². The minimum atomic E-state index is -0.738. The molecule has 1 fully saturated rings. The Morgan fingerprint density at radius 3 is 2.57 bits per heavy atom. The maximum Gasteiger partial charge on any atom is 0.270 e. The molecule has 8 nitrogen and oxygen atoms in total. The van der Waals surface area contributed by atoms with Gasteiger partial charge in [0.2, 0.25) is 5.91 Å². The van der Waals surface area contributed by atoms with Crippen LogP contribution in [0.1, 0.15) is 44.0 Å². The number of hydrogen-bond donors (Lipinski definition) is 3. The average Bonchev–Trinajstić information content (AvgIpc) is 2.60. The maximum absolute atomic E-state index is 12.7. The third-order valence-corrected chi connectivity index (χ3v) is 5.05. The van der Waals surface area contributed by atoms with Crippen LogP contribution in [0, 0.1) is 16.0 Å². The van der Waals surface area contributed by atoms with E-state index in [0.717, 1.165) is 25.5 Å². The van der Waals surface area contributed by atoms with Crippen molar-refractivity contribution in [1.82, 2.24) is 16.0 Å². The quantitative estimate of drug-likeness (QED) is 0.472. The van der Waals surface area contributed by atoms with Crippen LogP contribution in [0.15, 0.2) is 18.2 Å². The summed E-state index contributed by atoms with van der Waals surface area (Å²) in [7, 11) is 0. The molecule has 3 atom stereocenters. The number of nitrogens with zero attached hydrogens (tertiary/aromatic N) is 1. The van der Waals surface area contributed by atoms with Gasteiger partial charge in [0.05, 0.1) is 15.5 Å². The van der Waals surface area contributed by atoms with Crippen LogP contribution in [0.4, 0.5) is 5.69 Å². The molecule has 0 spiro atoms. The van der Waals surface area contributed by atoms with Crippen LogP contribution in [-0.4, -0.2) is 41.4 Å². The van der Waals surface area contributed by atoms with E-state index in [1.807, 2.05) is 20.8 Å². The number of amides is 2. The van der Waals surface area contributed by atoms with Gasteiger partial charge in [0.15, 0.2) is 0 Å². The fourth-order valence-electron chi connectivity index (χ4n) is 3.07. The number of benzene rings is 1. The molecular weight excluding hydrogens is 407 g/mol. The molecule has 1 saturated heterocycles. The number of nitro benzene ring substituents is 1. The minimum Gasteiger partial charge on any atom is -0.350 e. The van der Waals surface area contributed by atoms with Crippen molar-refractivity contribution >= 4 is 41.5 Å². The summed E-state index contributed by atoms with van der Waals surface area (Å²) in [4.78, 5) is 35.5. The first-order valence-electron chi connectivity index (χ1n) is 8.99. The first-order chi connectivity index (χ1) is 12.7. The summed E-state index contributed by atoms with van der Waals surface area (Å²) in [6, 6.07) is 3.05. The number of carbonyl (C=O) groups excluding carboxylic acids is 2. The predicted molar refractivity (Wildman–Crippen MR) is 110 cm³/mol. The molecule has 10 heteroatoms. The van der Waals surface area contributed by atoms with E-state index in [4.69, 9.17) is 11.6 Å². The molecule has 3 unspecified atom stereocenters. The van der Waals surface area contributed by atoms with Gasteiger partial charge in [0.1, 0.15) is 6.04 Å². The fourth-order valence-corrected chi connectivity index (χ4v) is 3.33. The molecule has 1 aromatic rings. The Labute approximate surface area is 175 Å². The topological polar surface area (TPSA) is 113 Å². The number of piperidine rings is 1. The molecular formula is C18H26Cl2N4O4. The molecule has 0 bridgehead atoms. The number of nitrogens with one attached hydrogen (secondary N) is 3. The summed E-state index contributed by atoms with van der Waals surface area (Å²) in [5.41, 5.74) is -0.109. The largest absolute Gasteiger partial charge is 0.350 e. The minimum absolute atomic E-state index is 0. The van der Waals surface area contributed by atoms with Crippen molar-refractivity contribution in [3.63, 3.8) is 0 Å². The summed E-state index contributed by atoms with van der Waals surface area (Å²) >= 11 is 6.01. The highest BCUT2D eigenvalue weighted by Crippen LogP contribution is 2.22. The zero-order valence-electron chi connectivity index (χ0n) is 16.0. The zero-order chi connectivity index (χ0) is 20.1. The third-order valence-electron chi connectivity index (χ3n) is 4.73. The summed E-state index contributed by atoms with van der Waals surface area (Å²) in [6.45, 7) is 6.62. The summed E-state index contributed by atoms with van der Waals surface area (Å²) in [5.74, 6) is -0.937. The lowest BCUT2D eigenvalue weighted by molar-refractivity contribution is -0.384. The highest BCUT2D eigenvalue weighted by molar-refractivity contribution is 6.34. The van der Waals surface area contributed by atoms with Gasteiger partial charge >= 0.3 is 0 Å². The lowest BCUT2D eigenvalue weighted by Crippen LogP contribution is -2.57. The highest BCUT2D eigenvalue weighted by atomic mass is 35.5. The van der Waals surface area contributed by atoms with Crippen LogP contribution in [0.2, 0.25) is 5.02 Å². The van der Waals surface area contributed by atoms with Crippen molar-refractivity contribution in [3.05, 3.63) is 38.9 Å². The molecule has 0 radical (unpaired) electrons. The fraction of sp³-hybridized carbons (Fsp3) is 0.556. The van der Waals surface area contributed by atoms with E-state index in [1.54, 1.807) is 0 Å². The molecule has 3 N–H and O–H groups in total. The Bertz CT molecular complexity index is 730. The molecule has 1 aromatic carbocycles. The second-order valence-electron chi connectivity index (χ2n) is 7.12. The molecule has 2 amide bonds. The van der Waals surface area contributed by atoms with Crippen molar-refractivity contribution in [2.24, 2.45) is 5.92 Å². The van der Waals surface area contributed by atoms with Crippen LogP contribution < -0.4 is 16.0 Å². The van der Waals surface area contributed by atoms with E-state index in [0.29, 0.717) is 0 Å². The molecule has 2 rings (SSSR count). The Morgan fingerprint density at radius 2 is 2.04 bits per heavy atom. The summed E-state index contributed by atoms with van der Waals surface area (Å²) < 4.78 is 0. The number of nitro groups is 1. The van der Waals surface area contributed by atoms with E-state index in [9.17, 15) is 19.7 Å². The van der Waals surface area contributed by atoms with Crippen molar-refractivity contribution < 1.29 is 14.5 Å². The van der Waals surface area contributed by atoms with Crippen molar-refractivity contribution in [3.8, 4) is 0 Å². The standard InChI is InChI=1S/C18H25ClN4O4.ClH/c1-10(2)16(18(25)21-15-5-4-8-20-11(15)3)22-17(24)13-7-6-12(23(26)27)9-14(13)19;/h6-7,9-11,15-16,20H,4-5,8H2,1-3H3,(H,21,25)(H,22,24);1H. The number of hydrogen-bond acceptors (Lipinski definition) is 5. The lowest BCUT2D eigenvalue weighted by atomic mass is 9.97. The van der Waals surface area contributed by atoms with E-state index in [2.05, 4.69) is 16.0 Å². The van der Waals surface area contributed by atoms with Gasteiger partial charge in [0, 0.05) is 24.2 Å². The Balaban J connectivity index is 0.00000392. The first kappa shape index (κ1) is 24.1. The second-order valence-corrected chi connectivity index (χ2v) is 7.52. The monoisotopic (exact) mass is 432 g/mol. The lowest BCUT2D eigenvalue weighted by Gasteiger charge is -2.32. The van der Waals surface area contributed by atoms with E-state index in [1.165, 1.54) is 12.1 Å². The Morgan fingerprint density at radius 1 is 1.36 bits per heavy atom. The van der Waals surface area contributed by atoms with E-state index in [-0.39, 0.29) is 52.6 Å².